The average molecular weight is 174 g/mol. The third-order valence-electron chi connectivity index (χ3n) is 0. The predicted octanol–water partition coefficient (Wildman–Crippen LogP) is -1.03. The molecule has 0 aromatic heterocycles. The molecular weight excluding hydrogens is 166 g/mol. The molecule has 0 rings (SSSR count). The van der Waals surface area contributed by atoms with E-state index in [0.717, 1.165) is 0 Å². The maximum atomic E-state index is 8.88. The Labute approximate surface area is 77.1 Å². The van der Waals surface area contributed by atoms with Crippen LogP contribution < -0.4 is 0 Å². The van der Waals surface area contributed by atoms with Crippen LogP contribution >= 0.6 is 17.7 Å². The summed E-state index contributed by atoms with van der Waals surface area (Å²) < 4.78 is 8.88. The Morgan fingerprint density at radius 1 is 1.29 bits per heavy atom. The molecule has 1 unspecified atom stereocenters. The van der Waals surface area contributed by atoms with Crippen molar-refractivity contribution in [2.24, 2.45) is 0 Å². The van der Waals surface area contributed by atoms with Gasteiger partial charge in [-0.1, -0.05) is 0 Å². The molecule has 0 bridgehead atoms. The second-order valence-corrected chi connectivity index (χ2v) is 1.54. The van der Waals surface area contributed by atoms with E-state index in [2.05, 4.69) is 0 Å². The van der Waals surface area contributed by atoms with Crippen LogP contribution in [0.4, 0.5) is 0 Å². The zero-order chi connectivity index (χ0) is 4.50. The van der Waals surface area contributed by atoms with Crippen LogP contribution in [0.1, 0.15) is 2.85 Å². The van der Waals surface area contributed by atoms with E-state index in [1.54, 1.807) is 0 Å². The molecule has 0 aromatic carbocycles. The van der Waals surface area contributed by atoms with Gasteiger partial charge >= 0.3 is 45.6 Å². The first-order chi connectivity index (χ1) is 2.00. The minimum atomic E-state index is -4.64. The van der Waals surface area contributed by atoms with Crippen LogP contribution in [-0.2, 0) is 4.57 Å². The summed E-state index contributed by atoms with van der Waals surface area (Å²) in [6, 6.07) is 0. The third kappa shape index (κ3) is 81.0. The van der Waals surface area contributed by atoms with Crippen molar-refractivity contribution in [3.63, 3.8) is 0 Å². The Balaban J connectivity index is -0.0000000133. The van der Waals surface area contributed by atoms with Gasteiger partial charge in [0.25, 0.3) is 0 Å². The van der Waals surface area contributed by atoms with Crippen molar-refractivity contribution in [3.8, 4) is 0 Å². The summed E-state index contributed by atoms with van der Waals surface area (Å²) in [7, 11) is -4.64. The molecule has 0 fully saturated rings. The molecule has 0 aromatic rings. The molecule has 0 aliphatic heterocycles. The van der Waals surface area contributed by atoms with E-state index in [4.69, 9.17) is 19.2 Å². The van der Waals surface area contributed by atoms with Crippen LogP contribution in [0.15, 0.2) is 0 Å². The van der Waals surface area contributed by atoms with Crippen LogP contribution in [0.3, 0.4) is 0 Å². The second kappa shape index (κ2) is 5.93. The van der Waals surface area contributed by atoms with Gasteiger partial charge in [-0.05, 0) is 0 Å². The topological polar surface area (TPSA) is 77.8 Å². The first-order valence-electron chi connectivity index (χ1n) is 0.783. The summed E-state index contributed by atoms with van der Waals surface area (Å²) in [5, 5.41) is 0. The summed E-state index contributed by atoms with van der Waals surface area (Å²) in [6.45, 7) is 0. The molecular formula is H8CaO4P2. The van der Waals surface area contributed by atoms with E-state index in [1.807, 2.05) is 0 Å². The molecule has 44 valence electrons. The van der Waals surface area contributed by atoms with Gasteiger partial charge in [-0.15, -0.1) is 0 Å². The smallest absolute Gasteiger partial charge is 1.00 e. The molecule has 0 saturated carbocycles. The summed E-state index contributed by atoms with van der Waals surface area (Å²) in [5.74, 6) is 0. The van der Waals surface area contributed by atoms with Gasteiger partial charge in [0.2, 0.25) is 0 Å². The van der Waals surface area contributed by atoms with Crippen molar-refractivity contribution in [2.75, 3.05) is 0 Å². The fourth-order valence-electron chi connectivity index (χ4n) is 0. The molecule has 0 aliphatic carbocycles. The van der Waals surface area contributed by atoms with Crippen LogP contribution in [0, 0.1) is 0 Å². The van der Waals surface area contributed by atoms with E-state index >= 15 is 0 Å². The second-order valence-electron chi connectivity index (χ2n) is 0.513. The summed E-state index contributed by atoms with van der Waals surface area (Å²) in [6.07, 6.45) is 0. The maximum Gasteiger partial charge on any atom is 2.00 e. The normalized spacial score (nSPS) is 8.43. The van der Waals surface area contributed by atoms with E-state index in [9.17, 15) is 0 Å². The molecule has 0 spiro atoms. The maximum absolute atomic E-state index is 8.88. The Hall–Kier alpha value is 1.80. The van der Waals surface area contributed by atoms with Gasteiger partial charge in [0.05, 0.1) is 0 Å². The van der Waals surface area contributed by atoms with Crippen molar-refractivity contribution >= 4 is 55.5 Å². The third-order valence-corrected chi connectivity index (χ3v) is 0. The quantitative estimate of drug-likeness (QED) is 0.324. The van der Waals surface area contributed by atoms with Gasteiger partial charge in [0.1, 0.15) is 0 Å². The molecule has 1 atom stereocenters. The molecule has 0 saturated heterocycles. The largest absolute Gasteiger partial charge is 2.00 e. The Kier molecular flexibility index (Phi) is 13.5. The summed E-state index contributed by atoms with van der Waals surface area (Å²) >= 11 is 0. The molecule has 3 N–H and O–H groups in total. The Bertz CT molecular complexity index is 62.7. The van der Waals surface area contributed by atoms with E-state index in [0.29, 0.717) is 0 Å². The van der Waals surface area contributed by atoms with E-state index < -0.39 is 7.82 Å². The van der Waals surface area contributed by atoms with Crippen LogP contribution in [0.2, 0.25) is 0 Å². The molecule has 7 heavy (non-hydrogen) atoms. The van der Waals surface area contributed by atoms with Crippen LogP contribution in [-0.4, -0.2) is 52.4 Å². The van der Waals surface area contributed by atoms with Crippen molar-refractivity contribution in [1.82, 2.24) is 0 Å². The predicted molar refractivity (Wildman–Crippen MR) is 33.3 cm³/mol. The fraction of sp³-hybridized carbons (Fsp3) is 0. The van der Waals surface area contributed by atoms with Crippen molar-refractivity contribution in [1.29, 1.82) is 0 Å². The molecule has 0 aliphatic rings. The van der Waals surface area contributed by atoms with Gasteiger partial charge in [0.15, 0.2) is 0 Å². The first-order valence-corrected chi connectivity index (χ1v) is 2.35. The van der Waals surface area contributed by atoms with Gasteiger partial charge in [-0.2, -0.15) is 9.90 Å². The van der Waals surface area contributed by atoms with Crippen molar-refractivity contribution in [3.05, 3.63) is 0 Å². The molecule has 7 heteroatoms. The van der Waals surface area contributed by atoms with Crippen molar-refractivity contribution < 1.29 is 22.1 Å². The number of hydrogen-bond acceptors (Lipinski definition) is 1. The van der Waals surface area contributed by atoms with Gasteiger partial charge in [-0.3, -0.25) is 0 Å². The van der Waals surface area contributed by atoms with Gasteiger partial charge in [0, 0.05) is 0 Å². The SMILES string of the molecule is O=P(O)(O)O.P.[Ca+2].[H-].[H-]. The van der Waals surface area contributed by atoms with Crippen LogP contribution in [0.5, 0.6) is 0 Å². The zero-order valence-electron chi connectivity index (χ0n) is 5.61. The standard InChI is InChI=1S/Ca.H3O4P.H3P.2H/c;1-5(2,3)4;;;/h;(H3,1,2,3,4);1H3;;/q+2;;;2*-1. The number of rotatable bonds is 0. The zero-order valence-corrected chi connectivity index (χ0v) is 8.13. The molecule has 0 radical (unpaired) electrons. The van der Waals surface area contributed by atoms with Gasteiger partial charge < -0.3 is 17.5 Å². The average Bonchev–Trinajstić information content (AvgIpc) is 0.722. The molecule has 0 amide bonds. The van der Waals surface area contributed by atoms with E-state index in [1.165, 1.54) is 0 Å². The monoisotopic (exact) mass is 174 g/mol. The molecule has 4 nitrogen and oxygen atoms in total. The number of hydrogen-bond donors (Lipinski definition) is 3. The Morgan fingerprint density at radius 2 is 1.29 bits per heavy atom. The molecule has 0 heterocycles. The van der Waals surface area contributed by atoms with Crippen LogP contribution in [0.25, 0.3) is 0 Å². The Morgan fingerprint density at radius 3 is 1.29 bits per heavy atom. The number of phosphoric acid groups is 1. The minimum absolute atomic E-state index is 0. The summed E-state index contributed by atoms with van der Waals surface area (Å²) in [5.41, 5.74) is 0. The summed E-state index contributed by atoms with van der Waals surface area (Å²) in [4.78, 5) is 21.6. The first kappa shape index (κ1) is 15.9. The van der Waals surface area contributed by atoms with E-state index in [-0.39, 0.29) is 50.5 Å². The van der Waals surface area contributed by atoms with Crippen molar-refractivity contribution in [2.45, 2.75) is 0 Å². The van der Waals surface area contributed by atoms with Gasteiger partial charge in [-0.25, -0.2) is 4.57 Å². The fourth-order valence-corrected chi connectivity index (χ4v) is 0. The minimum Gasteiger partial charge on any atom is -1.00 e.